The van der Waals surface area contributed by atoms with Crippen molar-refractivity contribution < 1.29 is 14.7 Å². The van der Waals surface area contributed by atoms with Crippen molar-refractivity contribution in [2.75, 3.05) is 12.3 Å². The molecule has 0 heterocycles. The van der Waals surface area contributed by atoms with Gasteiger partial charge in [-0.05, 0) is 6.42 Å². The van der Waals surface area contributed by atoms with Crippen molar-refractivity contribution in [3.8, 4) is 0 Å². The van der Waals surface area contributed by atoms with E-state index in [0.717, 1.165) is 12.8 Å². The van der Waals surface area contributed by atoms with E-state index in [1.54, 1.807) is 0 Å². The molecule has 0 radical (unpaired) electrons. The van der Waals surface area contributed by atoms with Crippen LogP contribution in [0.25, 0.3) is 0 Å². The number of hydrogen-bond donors (Lipinski definition) is 2. The van der Waals surface area contributed by atoms with Gasteiger partial charge in [-0.25, -0.2) is 4.79 Å². The summed E-state index contributed by atoms with van der Waals surface area (Å²) in [6, 6.07) is -0.803. The lowest BCUT2D eigenvalue weighted by Gasteiger charge is -2.26. The Morgan fingerprint density at radius 2 is 2.07 bits per heavy atom. The number of hydrogen-bond acceptors (Lipinski definition) is 3. The van der Waals surface area contributed by atoms with Gasteiger partial charge >= 0.3 is 5.97 Å². The summed E-state index contributed by atoms with van der Waals surface area (Å²) in [5.41, 5.74) is 0. The van der Waals surface area contributed by atoms with Gasteiger partial charge in [-0.1, -0.05) is 13.3 Å². The molecule has 0 aromatic rings. The predicted octanol–water partition coefficient (Wildman–Crippen LogP) is 1.02. The van der Waals surface area contributed by atoms with Crippen molar-refractivity contribution in [1.29, 1.82) is 0 Å². The van der Waals surface area contributed by atoms with E-state index >= 15 is 0 Å². The first-order chi connectivity index (χ1) is 6.54. The number of unbranched alkanes of at least 4 members (excludes halogenated alkanes) is 1. The highest BCUT2D eigenvalue weighted by molar-refractivity contribution is 7.80. The van der Waals surface area contributed by atoms with Gasteiger partial charge in [0.2, 0.25) is 5.91 Å². The monoisotopic (exact) mass is 219 g/mol. The van der Waals surface area contributed by atoms with Crippen molar-refractivity contribution in [3.05, 3.63) is 0 Å². The van der Waals surface area contributed by atoms with Crippen LogP contribution in [0.1, 0.15) is 26.7 Å². The molecular weight excluding hydrogens is 202 g/mol. The zero-order valence-electron chi connectivity index (χ0n) is 8.56. The lowest BCUT2D eigenvalue weighted by atomic mass is 10.2. The minimum atomic E-state index is -0.994. The maximum Gasteiger partial charge on any atom is 0.327 e. The van der Waals surface area contributed by atoms with Crippen LogP contribution >= 0.6 is 12.6 Å². The van der Waals surface area contributed by atoms with Gasteiger partial charge in [-0.15, -0.1) is 0 Å². The van der Waals surface area contributed by atoms with Crippen LogP contribution < -0.4 is 0 Å². The van der Waals surface area contributed by atoms with Gasteiger partial charge in [0.05, 0.1) is 0 Å². The molecule has 14 heavy (non-hydrogen) atoms. The number of carbonyl (C=O) groups excluding carboxylic acids is 1. The first-order valence-electron chi connectivity index (χ1n) is 4.65. The number of rotatable bonds is 6. The standard InChI is InChI=1S/C9H17NO3S/c1-3-4-5-10(7(2)11)8(6-14)9(12)13/h8,14H,3-6H2,1-2H3,(H,12,13)/t8-/m0/s1. The number of amides is 1. The van der Waals surface area contributed by atoms with Gasteiger partial charge < -0.3 is 10.0 Å². The summed E-state index contributed by atoms with van der Waals surface area (Å²) < 4.78 is 0. The van der Waals surface area contributed by atoms with Crippen molar-refractivity contribution in [2.24, 2.45) is 0 Å². The van der Waals surface area contributed by atoms with E-state index in [2.05, 4.69) is 12.6 Å². The van der Waals surface area contributed by atoms with E-state index in [0.29, 0.717) is 6.54 Å². The summed E-state index contributed by atoms with van der Waals surface area (Å²) in [4.78, 5) is 23.3. The van der Waals surface area contributed by atoms with Gasteiger partial charge in [-0.2, -0.15) is 12.6 Å². The van der Waals surface area contributed by atoms with Crippen LogP contribution in [0.15, 0.2) is 0 Å². The third-order valence-corrected chi connectivity index (χ3v) is 2.34. The lowest BCUT2D eigenvalue weighted by Crippen LogP contribution is -2.45. The minimum Gasteiger partial charge on any atom is -0.480 e. The maximum atomic E-state index is 11.2. The SMILES string of the molecule is CCCCN(C(C)=O)[C@@H](CS)C(=O)O. The van der Waals surface area contributed by atoms with Gasteiger partial charge in [-0.3, -0.25) is 4.79 Å². The minimum absolute atomic E-state index is 0.151. The number of carbonyl (C=O) groups is 2. The molecule has 5 heteroatoms. The summed E-state index contributed by atoms with van der Waals surface area (Å²) in [7, 11) is 0. The van der Waals surface area contributed by atoms with E-state index in [1.165, 1.54) is 11.8 Å². The van der Waals surface area contributed by atoms with Gasteiger partial charge in [0.1, 0.15) is 6.04 Å². The summed E-state index contributed by atoms with van der Waals surface area (Å²) in [5.74, 6) is -1.05. The summed E-state index contributed by atoms with van der Waals surface area (Å²) >= 11 is 3.94. The Kier molecular flexibility index (Phi) is 6.36. The normalized spacial score (nSPS) is 12.2. The van der Waals surface area contributed by atoms with Crippen LogP contribution in [-0.4, -0.2) is 40.2 Å². The highest BCUT2D eigenvalue weighted by Crippen LogP contribution is 2.05. The Morgan fingerprint density at radius 1 is 1.50 bits per heavy atom. The third kappa shape index (κ3) is 4.00. The first kappa shape index (κ1) is 13.3. The molecule has 82 valence electrons. The third-order valence-electron chi connectivity index (χ3n) is 1.99. The van der Waals surface area contributed by atoms with Gasteiger partial charge in [0.25, 0.3) is 0 Å². The molecule has 1 atom stereocenters. The van der Waals surface area contributed by atoms with Crippen LogP contribution in [0.2, 0.25) is 0 Å². The van der Waals surface area contributed by atoms with Gasteiger partial charge in [0.15, 0.2) is 0 Å². The Bertz CT molecular complexity index is 208. The summed E-state index contributed by atoms with van der Waals surface area (Å²) in [6.07, 6.45) is 1.75. The van der Waals surface area contributed by atoms with Crippen molar-refractivity contribution in [1.82, 2.24) is 4.90 Å². The highest BCUT2D eigenvalue weighted by atomic mass is 32.1. The molecule has 0 rings (SSSR count). The van der Waals surface area contributed by atoms with Gasteiger partial charge in [0, 0.05) is 19.2 Å². The number of carboxylic acids is 1. The molecule has 1 N–H and O–H groups in total. The molecule has 0 saturated heterocycles. The molecular formula is C9H17NO3S. The molecule has 0 aromatic carbocycles. The van der Waals surface area contributed by atoms with Crippen LogP contribution in [0.4, 0.5) is 0 Å². The van der Waals surface area contributed by atoms with E-state index in [9.17, 15) is 9.59 Å². The molecule has 0 aliphatic rings. The van der Waals surface area contributed by atoms with Crippen molar-refractivity contribution in [2.45, 2.75) is 32.7 Å². The Balaban J connectivity index is 4.44. The topological polar surface area (TPSA) is 57.6 Å². The maximum absolute atomic E-state index is 11.2. The fourth-order valence-electron chi connectivity index (χ4n) is 1.17. The quantitative estimate of drug-likeness (QED) is 0.656. The Labute approximate surface area is 89.7 Å². The number of aliphatic carboxylic acids is 1. The molecule has 0 saturated carbocycles. The second-order valence-corrected chi connectivity index (χ2v) is 3.47. The van der Waals surface area contributed by atoms with E-state index < -0.39 is 12.0 Å². The zero-order chi connectivity index (χ0) is 11.1. The predicted molar refractivity (Wildman–Crippen MR) is 57.6 cm³/mol. The lowest BCUT2D eigenvalue weighted by molar-refractivity contribution is -0.148. The molecule has 1 amide bonds. The fourth-order valence-corrected chi connectivity index (χ4v) is 1.52. The molecule has 0 fully saturated rings. The highest BCUT2D eigenvalue weighted by Gasteiger charge is 2.25. The van der Waals surface area contributed by atoms with Crippen LogP contribution in [0.5, 0.6) is 0 Å². The van der Waals surface area contributed by atoms with E-state index in [1.807, 2.05) is 6.92 Å². The molecule has 0 aromatic heterocycles. The Morgan fingerprint density at radius 3 is 2.36 bits per heavy atom. The van der Waals surface area contributed by atoms with Crippen molar-refractivity contribution in [3.63, 3.8) is 0 Å². The average molecular weight is 219 g/mol. The molecule has 0 aliphatic heterocycles. The average Bonchev–Trinajstić information content (AvgIpc) is 2.10. The number of nitrogens with zero attached hydrogens (tertiary/aromatic N) is 1. The van der Waals surface area contributed by atoms with Crippen molar-refractivity contribution >= 4 is 24.5 Å². The number of carboxylic acid groups (broad SMARTS) is 1. The van der Waals surface area contributed by atoms with Crippen LogP contribution in [-0.2, 0) is 9.59 Å². The molecule has 0 spiro atoms. The van der Waals surface area contributed by atoms with Crippen LogP contribution in [0.3, 0.4) is 0 Å². The molecule has 0 bridgehead atoms. The van der Waals surface area contributed by atoms with E-state index in [4.69, 9.17) is 5.11 Å². The second kappa shape index (κ2) is 6.70. The molecule has 0 unspecified atom stereocenters. The number of thiol groups is 1. The van der Waals surface area contributed by atoms with Crippen LogP contribution in [0, 0.1) is 0 Å². The Hall–Kier alpha value is -0.710. The molecule has 4 nitrogen and oxygen atoms in total. The smallest absolute Gasteiger partial charge is 0.327 e. The zero-order valence-corrected chi connectivity index (χ0v) is 9.46. The van der Waals surface area contributed by atoms with E-state index in [-0.39, 0.29) is 11.7 Å². The second-order valence-electron chi connectivity index (χ2n) is 3.10. The fraction of sp³-hybridized carbons (Fsp3) is 0.778. The molecule has 0 aliphatic carbocycles. The summed E-state index contributed by atoms with van der Waals surface area (Å²) in [6.45, 7) is 3.87. The first-order valence-corrected chi connectivity index (χ1v) is 5.28. The largest absolute Gasteiger partial charge is 0.480 e. The summed E-state index contributed by atoms with van der Waals surface area (Å²) in [5, 5.41) is 8.85.